The zero-order valence-electron chi connectivity index (χ0n) is 13.9. The summed E-state index contributed by atoms with van der Waals surface area (Å²) in [5.41, 5.74) is 7.10. The van der Waals surface area contributed by atoms with Crippen molar-refractivity contribution in [2.75, 3.05) is 26.2 Å². The van der Waals surface area contributed by atoms with Crippen molar-refractivity contribution in [1.29, 1.82) is 0 Å². The van der Waals surface area contributed by atoms with Gasteiger partial charge in [0, 0.05) is 19.6 Å². The molecular weight excluding hydrogens is 274 g/mol. The van der Waals surface area contributed by atoms with E-state index < -0.39 is 6.04 Å². The van der Waals surface area contributed by atoms with Crippen LogP contribution in [-0.4, -0.2) is 47.9 Å². The smallest absolute Gasteiger partial charge is 0.239 e. The van der Waals surface area contributed by atoms with E-state index in [1.165, 1.54) is 5.56 Å². The van der Waals surface area contributed by atoms with Crippen molar-refractivity contribution in [3.05, 3.63) is 35.9 Å². The molecule has 4 heteroatoms. The van der Waals surface area contributed by atoms with Crippen LogP contribution in [0.3, 0.4) is 0 Å². The van der Waals surface area contributed by atoms with E-state index in [1.807, 2.05) is 11.8 Å². The Kier molecular flexibility index (Phi) is 6.40. The molecule has 1 fully saturated rings. The number of piperidine rings is 1. The fourth-order valence-electron chi connectivity index (χ4n) is 3.14. The molecular formula is C18H29N3O. The second-order valence-electron chi connectivity index (χ2n) is 6.37. The number of amides is 1. The van der Waals surface area contributed by atoms with Gasteiger partial charge in [0.05, 0.1) is 6.04 Å². The quantitative estimate of drug-likeness (QED) is 0.875. The average molecular weight is 303 g/mol. The van der Waals surface area contributed by atoms with Crippen LogP contribution in [0.5, 0.6) is 0 Å². The summed E-state index contributed by atoms with van der Waals surface area (Å²) in [4.78, 5) is 16.5. The highest BCUT2D eigenvalue weighted by Gasteiger charge is 2.24. The third-order valence-corrected chi connectivity index (χ3v) is 4.52. The zero-order chi connectivity index (χ0) is 15.9. The van der Waals surface area contributed by atoms with Crippen molar-refractivity contribution in [1.82, 2.24) is 9.80 Å². The Morgan fingerprint density at radius 1 is 1.32 bits per heavy atom. The minimum absolute atomic E-state index is 0.0780. The van der Waals surface area contributed by atoms with E-state index in [4.69, 9.17) is 5.73 Å². The molecule has 0 aliphatic carbocycles. The van der Waals surface area contributed by atoms with Gasteiger partial charge < -0.3 is 10.6 Å². The maximum Gasteiger partial charge on any atom is 0.239 e. The predicted molar refractivity (Wildman–Crippen MR) is 90.3 cm³/mol. The lowest BCUT2D eigenvalue weighted by Gasteiger charge is -2.35. The first-order chi connectivity index (χ1) is 10.6. The Morgan fingerprint density at radius 3 is 2.50 bits per heavy atom. The van der Waals surface area contributed by atoms with Gasteiger partial charge in [-0.25, -0.2) is 0 Å². The van der Waals surface area contributed by atoms with E-state index >= 15 is 0 Å². The van der Waals surface area contributed by atoms with E-state index in [0.717, 1.165) is 45.6 Å². The summed E-state index contributed by atoms with van der Waals surface area (Å²) < 4.78 is 0. The minimum atomic E-state index is -0.391. The molecule has 2 N–H and O–H groups in total. The molecule has 1 aromatic rings. The lowest BCUT2D eigenvalue weighted by molar-refractivity contribution is -0.132. The van der Waals surface area contributed by atoms with Gasteiger partial charge in [0.2, 0.25) is 5.91 Å². The molecule has 1 aromatic carbocycles. The Bertz CT molecular complexity index is 453. The van der Waals surface area contributed by atoms with Gasteiger partial charge in [-0.05, 0) is 51.3 Å². The number of carbonyl (C=O) groups excluding carboxylic acids is 1. The monoisotopic (exact) mass is 303 g/mol. The first kappa shape index (κ1) is 17.0. The van der Waals surface area contributed by atoms with Crippen molar-refractivity contribution >= 4 is 5.91 Å². The molecule has 0 unspecified atom stereocenters. The predicted octanol–water partition coefficient (Wildman–Crippen LogP) is 2.09. The number of benzene rings is 1. The maximum atomic E-state index is 12.0. The van der Waals surface area contributed by atoms with E-state index in [-0.39, 0.29) is 5.91 Å². The van der Waals surface area contributed by atoms with Gasteiger partial charge in [-0.2, -0.15) is 0 Å². The van der Waals surface area contributed by atoms with Crippen LogP contribution in [0.15, 0.2) is 30.3 Å². The van der Waals surface area contributed by atoms with Gasteiger partial charge in [0.15, 0.2) is 0 Å². The first-order valence-corrected chi connectivity index (χ1v) is 8.40. The van der Waals surface area contributed by atoms with Crippen LogP contribution in [-0.2, 0) is 11.3 Å². The van der Waals surface area contributed by atoms with Gasteiger partial charge in [-0.15, -0.1) is 0 Å². The van der Waals surface area contributed by atoms with Crippen molar-refractivity contribution in [3.8, 4) is 0 Å². The highest BCUT2D eigenvalue weighted by atomic mass is 16.2. The van der Waals surface area contributed by atoms with Crippen LogP contribution < -0.4 is 5.73 Å². The van der Waals surface area contributed by atoms with Gasteiger partial charge >= 0.3 is 0 Å². The number of rotatable bonds is 6. The fraction of sp³-hybridized carbons (Fsp3) is 0.611. The lowest BCUT2D eigenvalue weighted by Crippen LogP contribution is -2.46. The number of nitrogens with two attached hydrogens (primary N) is 1. The number of hydrogen-bond acceptors (Lipinski definition) is 3. The van der Waals surface area contributed by atoms with E-state index in [9.17, 15) is 4.79 Å². The average Bonchev–Trinajstić information content (AvgIpc) is 2.54. The minimum Gasteiger partial charge on any atom is -0.341 e. The molecule has 1 aliphatic rings. The summed E-state index contributed by atoms with van der Waals surface area (Å²) in [6.07, 6.45) is 2.32. The summed E-state index contributed by atoms with van der Waals surface area (Å²) in [5, 5.41) is 0. The van der Waals surface area contributed by atoms with Gasteiger partial charge in [0.25, 0.3) is 0 Å². The third kappa shape index (κ3) is 4.82. The van der Waals surface area contributed by atoms with Crippen LogP contribution in [0, 0.1) is 5.92 Å². The van der Waals surface area contributed by atoms with E-state index in [1.54, 1.807) is 6.92 Å². The van der Waals surface area contributed by atoms with Gasteiger partial charge in [0.1, 0.15) is 0 Å². The van der Waals surface area contributed by atoms with Crippen LogP contribution in [0.2, 0.25) is 0 Å². The summed E-state index contributed by atoms with van der Waals surface area (Å²) in [5.74, 6) is 0.684. The molecule has 1 saturated heterocycles. The number of likely N-dealkylation sites (tertiary alicyclic amines) is 1. The Hall–Kier alpha value is -1.39. The highest BCUT2D eigenvalue weighted by molar-refractivity contribution is 5.81. The second-order valence-corrected chi connectivity index (χ2v) is 6.37. The molecule has 0 radical (unpaired) electrons. The molecule has 122 valence electrons. The lowest BCUT2D eigenvalue weighted by atomic mass is 9.95. The molecule has 22 heavy (non-hydrogen) atoms. The summed E-state index contributed by atoms with van der Waals surface area (Å²) in [6.45, 7) is 8.68. The van der Waals surface area contributed by atoms with Crippen molar-refractivity contribution in [2.24, 2.45) is 11.7 Å². The van der Waals surface area contributed by atoms with Crippen LogP contribution in [0.25, 0.3) is 0 Å². The summed E-state index contributed by atoms with van der Waals surface area (Å²) in [6, 6.07) is 10.2. The maximum absolute atomic E-state index is 12.0. The van der Waals surface area contributed by atoms with Crippen LogP contribution in [0.1, 0.15) is 32.3 Å². The Labute approximate surface area is 134 Å². The van der Waals surface area contributed by atoms with Crippen LogP contribution in [0.4, 0.5) is 0 Å². The molecule has 1 amide bonds. The SMILES string of the molecule is CCN(CC1CCN(Cc2ccccc2)CC1)C(=O)[C@H](C)N. The highest BCUT2D eigenvalue weighted by Crippen LogP contribution is 2.20. The zero-order valence-corrected chi connectivity index (χ0v) is 13.9. The van der Waals surface area contributed by atoms with E-state index in [2.05, 4.69) is 35.2 Å². The standard InChI is InChI=1S/C18H29N3O/c1-3-21(18(22)15(2)19)14-17-9-11-20(12-10-17)13-16-7-5-4-6-8-16/h4-8,15,17H,3,9-14,19H2,1-2H3/t15-/m0/s1. The van der Waals surface area contributed by atoms with Crippen molar-refractivity contribution in [3.63, 3.8) is 0 Å². The third-order valence-electron chi connectivity index (χ3n) is 4.52. The summed E-state index contributed by atoms with van der Waals surface area (Å²) >= 11 is 0. The molecule has 2 rings (SSSR count). The van der Waals surface area contributed by atoms with Gasteiger partial charge in [-0.1, -0.05) is 30.3 Å². The number of nitrogens with zero attached hydrogens (tertiary/aromatic N) is 2. The summed E-state index contributed by atoms with van der Waals surface area (Å²) in [7, 11) is 0. The Balaban J connectivity index is 1.78. The van der Waals surface area contributed by atoms with Crippen molar-refractivity contribution < 1.29 is 4.79 Å². The molecule has 0 saturated carbocycles. The van der Waals surface area contributed by atoms with E-state index in [0.29, 0.717) is 5.92 Å². The van der Waals surface area contributed by atoms with Crippen molar-refractivity contribution in [2.45, 2.75) is 39.3 Å². The number of likely N-dealkylation sites (N-methyl/N-ethyl adjacent to an activating group) is 1. The Morgan fingerprint density at radius 2 is 1.95 bits per heavy atom. The molecule has 4 nitrogen and oxygen atoms in total. The molecule has 0 aromatic heterocycles. The number of carbonyl (C=O) groups is 1. The van der Waals surface area contributed by atoms with Gasteiger partial charge in [-0.3, -0.25) is 9.69 Å². The molecule has 0 spiro atoms. The molecule has 1 heterocycles. The molecule has 1 aliphatic heterocycles. The normalized spacial score (nSPS) is 18.1. The molecule has 0 bridgehead atoms. The largest absolute Gasteiger partial charge is 0.341 e. The number of hydrogen-bond donors (Lipinski definition) is 1. The second kappa shape index (κ2) is 8.30. The topological polar surface area (TPSA) is 49.6 Å². The molecule has 1 atom stereocenters. The van der Waals surface area contributed by atoms with Crippen LogP contribution >= 0.6 is 0 Å². The first-order valence-electron chi connectivity index (χ1n) is 8.40. The fourth-order valence-corrected chi connectivity index (χ4v) is 3.14.